The molecule has 0 amide bonds. The van der Waals surface area contributed by atoms with Gasteiger partial charge in [-0.05, 0) is 19.8 Å². The first kappa shape index (κ1) is 15.7. The second-order valence-electron chi connectivity index (χ2n) is 4.19. The quantitative estimate of drug-likeness (QED) is 0.711. The van der Waals surface area contributed by atoms with Crippen molar-refractivity contribution < 1.29 is 9.90 Å². The number of hydrogen-bond acceptors (Lipinski definition) is 2. The topological polar surface area (TPSA) is 40.1 Å². The summed E-state index contributed by atoms with van der Waals surface area (Å²) in [4.78, 5) is 9.92. The normalized spacial score (nSPS) is 9.29. The molecule has 0 bridgehead atoms. The van der Waals surface area contributed by atoms with Crippen molar-refractivity contribution in [3.63, 3.8) is 0 Å². The molecule has 0 aliphatic carbocycles. The van der Waals surface area contributed by atoms with Gasteiger partial charge in [-0.3, -0.25) is 0 Å². The number of unbranched alkanes of at least 4 members (excludes halogenated alkanes) is 4. The Kier molecular flexibility index (Phi) is 10.3. The highest BCUT2D eigenvalue weighted by atomic mass is 16.4. The maximum absolute atomic E-state index is 9.92. The number of aryl methyl sites for hydroxylation is 1. The molecule has 0 N–H and O–H groups in total. The van der Waals surface area contributed by atoms with Crippen LogP contribution in [0.2, 0.25) is 0 Å². The molecule has 0 spiro atoms. The predicted molar refractivity (Wildman–Crippen MR) is 69.6 cm³/mol. The number of carbonyl (C=O) groups excluding carboxylic acids is 1. The van der Waals surface area contributed by atoms with Gasteiger partial charge in [0, 0.05) is 5.97 Å². The minimum atomic E-state index is -0.920. The largest absolute Gasteiger partial charge is 0.550 e. The van der Waals surface area contributed by atoms with Crippen molar-refractivity contribution >= 4 is 5.97 Å². The van der Waals surface area contributed by atoms with Crippen molar-refractivity contribution in [2.45, 2.75) is 52.4 Å². The van der Waals surface area contributed by atoms with Gasteiger partial charge in [-0.25, -0.2) is 0 Å². The summed E-state index contributed by atoms with van der Waals surface area (Å²) in [6, 6.07) is 10.3. The SMILES string of the molecule is CCCCCCCC(=O)[O-].Cc1ccccc1. The molecule has 0 fully saturated rings. The summed E-state index contributed by atoms with van der Waals surface area (Å²) in [7, 11) is 0. The van der Waals surface area contributed by atoms with Gasteiger partial charge in [0.2, 0.25) is 0 Å². The van der Waals surface area contributed by atoms with E-state index in [1.54, 1.807) is 0 Å². The minimum Gasteiger partial charge on any atom is -0.550 e. The zero-order valence-electron chi connectivity index (χ0n) is 10.9. The van der Waals surface area contributed by atoms with Gasteiger partial charge in [-0.2, -0.15) is 0 Å². The molecule has 17 heavy (non-hydrogen) atoms. The van der Waals surface area contributed by atoms with Crippen molar-refractivity contribution in [2.75, 3.05) is 0 Å². The van der Waals surface area contributed by atoms with E-state index in [-0.39, 0.29) is 6.42 Å². The molecule has 0 saturated carbocycles. The van der Waals surface area contributed by atoms with Gasteiger partial charge in [-0.1, -0.05) is 68.5 Å². The lowest BCUT2D eigenvalue weighted by Gasteiger charge is -2.00. The lowest BCUT2D eigenvalue weighted by molar-refractivity contribution is -0.305. The van der Waals surface area contributed by atoms with Crippen molar-refractivity contribution in [1.82, 2.24) is 0 Å². The first-order valence-corrected chi connectivity index (χ1v) is 6.38. The van der Waals surface area contributed by atoms with E-state index in [0.29, 0.717) is 0 Å². The van der Waals surface area contributed by atoms with Crippen LogP contribution in [0.1, 0.15) is 51.0 Å². The molecule has 0 radical (unpaired) electrons. The second kappa shape index (κ2) is 11.2. The van der Waals surface area contributed by atoms with Crippen LogP contribution in [0.15, 0.2) is 30.3 Å². The predicted octanol–water partition coefficient (Wildman–Crippen LogP) is 3.09. The van der Waals surface area contributed by atoms with E-state index in [2.05, 4.69) is 26.0 Å². The lowest BCUT2D eigenvalue weighted by atomic mass is 10.1. The third-order valence-electron chi connectivity index (χ3n) is 2.42. The highest BCUT2D eigenvalue weighted by Gasteiger charge is 1.88. The Morgan fingerprint density at radius 3 is 2.06 bits per heavy atom. The van der Waals surface area contributed by atoms with Crippen LogP contribution in [0.4, 0.5) is 0 Å². The van der Waals surface area contributed by atoms with Crippen LogP contribution >= 0.6 is 0 Å². The molecule has 0 aromatic heterocycles. The van der Waals surface area contributed by atoms with E-state index < -0.39 is 5.97 Å². The third-order valence-corrected chi connectivity index (χ3v) is 2.42. The highest BCUT2D eigenvalue weighted by molar-refractivity contribution is 5.63. The summed E-state index contributed by atoms with van der Waals surface area (Å²) in [5, 5.41) is 9.92. The molecule has 96 valence electrons. The molecule has 1 rings (SSSR count). The molecule has 2 nitrogen and oxygen atoms in total. The summed E-state index contributed by atoms with van der Waals surface area (Å²) < 4.78 is 0. The average Bonchev–Trinajstić information content (AvgIpc) is 2.30. The van der Waals surface area contributed by atoms with Gasteiger partial charge in [0.05, 0.1) is 0 Å². The minimum absolute atomic E-state index is 0.226. The average molecular weight is 235 g/mol. The number of carboxylic acid groups (broad SMARTS) is 1. The molecular weight excluding hydrogens is 212 g/mol. The Morgan fingerprint density at radius 2 is 1.65 bits per heavy atom. The molecule has 0 saturated heterocycles. The van der Waals surface area contributed by atoms with Crippen molar-refractivity contribution in [2.24, 2.45) is 0 Å². The van der Waals surface area contributed by atoms with E-state index >= 15 is 0 Å². The molecule has 0 aliphatic rings. The summed E-state index contributed by atoms with van der Waals surface area (Å²) in [6.45, 7) is 4.22. The van der Waals surface area contributed by atoms with Crippen LogP contribution in [0, 0.1) is 6.92 Å². The first-order chi connectivity index (χ1) is 8.16. The molecule has 0 heterocycles. The van der Waals surface area contributed by atoms with E-state index in [1.165, 1.54) is 18.4 Å². The number of aliphatic carboxylic acids is 1. The number of rotatable bonds is 6. The number of hydrogen-bond donors (Lipinski definition) is 0. The van der Waals surface area contributed by atoms with E-state index in [4.69, 9.17) is 0 Å². The Morgan fingerprint density at radius 1 is 1.06 bits per heavy atom. The number of carboxylic acids is 1. The van der Waals surface area contributed by atoms with Crippen LogP contribution in [0.5, 0.6) is 0 Å². The van der Waals surface area contributed by atoms with Gasteiger partial charge >= 0.3 is 0 Å². The third kappa shape index (κ3) is 12.6. The maximum atomic E-state index is 9.92. The van der Waals surface area contributed by atoms with Crippen molar-refractivity contribution in [3.05, 3.63) is 35.9 Å². The van der Waals surface area contributed by atoms with Crippen LogP contribution in [-0.2, 0) is 4.79 Å². The van der Waals surface area contributed by atoms with E-state index in [1.807, 2.05) is 18.2 Å². The fourth-order valence-electron chi connectivity index (χ4n) is 1.41. The van der Waals surface area contributed by atoms with Gasteiger partial charge in [0.1, 0.15) is 0 Å². The van der Waals surface area contributed by atoms with Crippen LogP contribution < -0.4 is 5.11 Å². The molecule has 1 aromatic rings. The molecule has 1 aromatic carbocycles. The maximum Gasteiger partial charge on any atom is 0.0414 e. The van der Waals surface area contributed by atoms with Crippen LogP contribution in [0.3, 0.4) is 0 Å². The van der Waals surface area contributed by atoms with Gasteiger partial charge in [0.25, 0.3) is 0 Å². The first-order valence-electron chi connectivity index (χ1n) is 6.38. The Balaban J connectivity index is 0.000000318. The zero-order chi connectivity index (χ0) is 12.9. The molecule has 0 unspecified atom stereocenters. The van der Waals surface area contributed by atoms with Gasteiger partial charge in [0.15, 0.2) is 0 Å². The Hall–Kier alpha value is -1.31. The number of benzene rings is 1. The molecule has 0 aliphatic heterocycles. The number of carbonyl (C=O) groups is 1. The standard InChI is InChI=1S/C8H16O2.C7H8/c1-2-3-4-5-6-7-8(9)10;1-7-5-3-2-4-6-7/h2-7H2,1H3,(H,9,10);2-6H,1H3/p-1. The van der Waals surface area contributed by atoms with Crippen LogP contribution in [-0.4, -0.2) is 5.97 Å². The summed E-state index contributed by atoms with van der Waals surface area (Å²) in [6.07, 6.45) is 5.61. The zero-order valence-corrected chi connectivity index (χ0v) is 10.9. The fraction of sp³-hybridized carbons (Fsp3) is 0.533. The smallest absolute Gasteiger partial charge is 0.0414 e. The van der Waals surface area contributed by atoms with E-state index in [0.717, 1.165) is 19.3 Å². The van der Waals surface area contributed by atoms with Crippen molar-refractivity contribution in [1.29, 1.82) is 0 Å². The van der Waals surface area contributed by atoms with E-state index in [9.17, 15) is 9.90 Å². The fourth-order valence-corrected chi connectivity index (χ4v) is 1.41. The highest BCUT2D eigenvalue weighted by Crippen LogP contribution is 2.03. The second-order valence-corrected chi connectivity index (χ2v) is 4.19. The summed E-state index contributed by atoms with van der Waals surface area (Å²) in [5.41, 5.74) is 1.32. The van der Waals surface area contributed by atoms with Gasteiger partial charge < -0.3 is 9.90 Å². The molecular formula is C15H23O2-. The Bertz CT molecular complexity index is 280. The Labute approximate surface area is 105 Å². The molecule has 0 atom stereocenters. The van der Waals surface area contributed by atoms with Crippen LogP contribution in [0.25, 0.3) is 0 Å². The lowest BCUT2D eigenvalue weighted by Crippen LogP contribution is -2.21. The molecule has 2 heteroatoms. The summed E-state index contributed by atoms with van der Waals surface area (Å²) in [5.74, 6) is -0.920. The summed E-state index contributed by atoms with van der Waals surface area (Å²) >= 11 is 0. The van der Waals surface area contributed by atoms with Gasteiger partial charge in [-0.15, -0.1) is 0 Å². The van der Waals surface area contributed by atoms with Crippen molar-refractivity contribution in [3.8, 4) is 0 Å². The monoisotopic (exact) mass is 235 g/mol.